The fourth-order valence-electron chi connectivity index (χ4n) is 2.06. The quantitative estimate of drug-likeness (QED) is 0.644. The summed E-state index contributed by atoms with van der Waals surface area (Å²) >= 11 is 0. The third-order valence-corrected chi connectivity index (χ3v) is 3.24. The minimum atomic E-state index is -4.67. The molecule has 0 saturated carbocycles. The smallest absolute Gasteiger partial charge is 0.373 e. The van der Waals surface area contributed by atoms with E-state index in [1.54, 1.807) is 0 Å². The summed E-state index contributed by atoms with van der Waals surface area (Å²) in [7, 11) is 0. The first-order valence-electron chi connectivity index (χ1n) is 7.24. The number of ether oxygens (including phenoxy) is 1. The van der Waals surface area contributed by atoms with Crippen molar-refractivity contribution in [2.75, 3.05) is 13.1 Å². The molecule has 0 spiro atoms. The molecule has 1 aliphatic heterocycles. The standard InChI is InChI=1S/C13H15F4NO.C2HF3O/c14-12-2-1-9(7-11(12)13(15,16)17)8-19-10-3-5-18-6-4-10;3-2(4,5)1-6/h1-2,7,10,18H,3-6,8H2;1H. The Morgan fingerprint density at radius 1 is 1.12 bits per heavy atom. The lowest BCUT2D eigenvalue weighted by molar-refractivity contribution is -0.156. The molecule has 1 aliphatic rings. The molecule has 0 aromatic heterocycles. The summed E-state index contributed by atoms with van der Waals surface area (Å²) in [6, 6.07) is 2.98. The molecule has 10 heteroatoms. The van der Waals surface area contributed by atoms with E-state index < -0.39 is 30.0 Å². The van der Waals surface area contributed by atoms with Crippen LogP contribution in [0.2, 0.25) is 0 Å². The number of halogens is 7. The summed E-state index contributed by atoms with van der Waals surface area (Å²) in [5.74, 6) is -1.25. The van der Waals surface area contributed by atoms with Crippen LogP contribution < -0.4 is 5.32 Å². The van der Waals surface area contributed by atoms with Gasteiger partial charge in [-0.3, -0.25) is 4.79 Å². The summed E-state index contributed by atoms with van der Waals surface area (Å²) in [5.41, 5.74) is -0.897. The molecule has 1 aromatic carbocycles. The molecule has 1 aromatic rings. The topological polar surface area (TPSA) is 38.3 Å². The fraction of sp³-hybridized carbons (Fsp3) is 0.533. The summed E-state index contributed by atoms with van der Waals surface area (Å²) in [6.45, 7) is 1.78. The van der Waals surface area contributed by atoms with E-state index in [4.69, 9.17) is 9.53 Å². The molecule has 1 saturated heterocycles. The maximum atomic E-state index is 13.1. The Kier molecular flexibility index (Phi) is 7.81. The lowest BCUT2D eigenvalue weighted by Crippen LogP contribution is -2.32. The molecule has 1 fully saturated rings. The lowest BCUT2D eigenvalue weighted by atomic mass is 10.1. The molecule has 1 heterocycles. The summed E-state index contributed by atoms with van der Waals surface area (Å²) in [5, 5.41) is 3.17. The Balaban J connectivity index is 0.000000450. The van der Waals surface area contributed by atoms with Crippen LogP contribution in [0, 0.1) is 5.82 Å². The van der Waals surface area contributed by atoms with Gasteiger partial charge in [0.2, 0.25) is 6.29 Å². The first-order valence-corrected chi connectivity index (χ1v) is 7.24. The molecular formula is C15H16F7NO2. The minimum Gasteiger partial charge on any atom is -0.373 e. The van der Waals surface area contributed by atoms with Crippen molar-refractivity contribution in [1.82, 2.24) is 5.32 Å². The van der Waals surface area contributed by atoms with Crippen LogP contribution in [-0.4, -0.2) is 31.7 Å². The number of hydrogen-bond donors (Lipinski definition) is 1. The number of nitrogens with one attached hydrogen (secondary N) is 1. The van der Waals surface area contributed by atoms with E-state index in [2.05, 4.69) is 5.32 Å². The van der Waals surface area contributed by atoms with E-state index in [9.17, 15) is 30.7 Å². The second kappa shape index (κ2) is 9.14. The van der Waals surface area contributed by atoms with E-state index in [1.807, 2.05) is 0 Å². The second-order valence-electron chi connectivity index (χ2n) is 5.23. The van der Waals surface area contributed by atoms with Gasteiger partial charge in [-0.2, -0.15) is 26.3 Å². The monoisotopic (exact) mass is 375 g/mol. The van der Waals surface area contributed by atoms with Crippen molar-refractivity contribution in [3.63, 3.8) is 0 Å². The Morgan fingerprint density at radius 2 is 1.68 bits per heavy atom. The number of carbonyl (C=O) groups excluding carboxylic acids is 1. The van der Waals surface area contributed by atoms with Crippen molar-refractivity contribution in [1.29, 1.82) is 0 Å². The molecule has 0 amide bonds. The molecular weight excluding hydrogens is 359 g/mol. The fourth-order valence-corrected chi connectivity index (χ4v) is 2.06. The molecule has 3 nitrogen and oxygen atoms in total. The molecule has 0 radical (unpaired) electrons. The molecule has 25 heavy (non-hydrogen) atoms. The highest BCUT2D eigenvalue weighted by atomic mass is 19.4. The van der Waals surface area contributed by atoms with Crippen molar-refractivity contribution in [2.45, 2.75) is 37.9 Å². The van der Waals surface area contributed by atoms with Crippen molar-refractivity contribution in [2.24, 2.45) is 0 Å². The van der Waals surface area contributed by atoms with Gasteiger partial charge >= 0.3 is 12.4 Å². The minimum absolute atomic E-state index is 0.0561. The van der Waals surface area contributed by atoms with Gasteiger partial charge in [0.1, 0.15) is 5.82 Å². The number of benzene rings is 1. The van der Waals surface area contributed by atoms with Gasteiger partial charge in [0.05, 0.1) is 18.3 Å². The van der Waals surface area contributed by atoms with Gasteiger partial charge in [-0.05, 0) is 43.6 Å². The largest absolute Gasteiger partial charge is 0.446 e. The van der Waals surface area contributed by atoms with Gasteiger partial charge in [0, 0.05) is 0 Å². The Labute approximate surface area is 139 Å². The summed E-state index contributed by atoms with van der Waals surface area (Å²) in [4.78, 5) is 8.70. The highest BCUT2D eigenvalue weighted by Gasteiger charge is 2.34. The highest BCUT2D eigenvalue weighted by molar-refractivity contribution is 5.56. The van der Waals surface area contributed by atoms with Crippen LogP contribution in [0.25, 0.3) is 0 Å². The zero-order valence-corrected chi connectivity index (χ0v) is 12.9. The first-order chi connectivity index (χ1) is 11.5. The average molecular weight is 375 g/mol. The maximum Gasteiger partial charge on any atom is 0.446 e. The van der Waals surface area contributed by atoms with Gasteiger partial charge in [-0.1, -0.05) is 6.07 Å². The molecule has 142 valence electrons. The van der Waals surface area contributed by atoms with E-state index in [0.29, 0.717) is 5.56 Å². The number of alkyl halides is 6. The van der Waals surface area contributed by atoms with Crippen LogP contribution in [-0.2, 0) is 22.3 Å². The van der Waals surface area contributed by atoms with Gasteiger partial charge < -0.3 is 10.1 Å². The van der Waals surface area contributed by atoms with Crippen LogP contribution in [0.4, 0.5) is 30.7 Å². The van der Waals surface area contributed by atoms with Crippen molar-refractivity contribution >= 4 is 6.29 Å². The van der Waals surface area contributed by atoms with E-state index in [-0.39, 0.29) is 12.7 Å². The predicted octanol–water partition coefficient (Wildman–Crippen LogP) is 3.86. The van der Waals surface area contributed by atoms with Gasteiger partial charge in [-0.25, -0.2) is 4.39 Å². The molecule has 0 bridgehead atoms. The Bertz CT molecular complexity index is 552. The molecule has 1 N–H and O–H groups in total. The van der Waals surface area contributed by atoms with Crippen molar-refractivity contribution < 1.29 is 40.3 Å². The third-order valence-electron chi connectivity index (χ3n) is 3.24. The van der Waals surface area contributed by atoms with E-state index in [0.717, 1.165) is 38.1 Å². The Morgan fingerprint density at radius 3 is 2.16 bits per heavy atom. The number of hydrogen-bond acceptors (Lipinski definition) is 3. The zero-order valence-electron chi connectivity index (χ0n) is 12.9. The van der Waals surface area contributed by atoms with Gasteiger partial charge in [-0.15, -0.1) is 0 Å². The van der Waals surface area contributed by atoms with Crippen LogP contribution in [0.5, 0.6) is 0 Å². The van der Waals surface area contributed by atoms with Crippen LogP contribution >= 0.6 is 0 Å². The average Bonchev–Trinajstić information content (AvgIpc) is 2.54. The summed E-state index contributed by atoms with van der Waals surface area (Å²) in [6.07, 6.45) is -8.64. The first kappa shape index (κ1) is 21.4. The lowest BCUT2D eigenvalue weighted by Gasteiger charge is -2.23. The summed E-state index contributed by atoms with van der Waals surface area (Å²) < 4.78 is 87.5. The number of aldehydes is 1. The number of piperidine rings is 1. The number of carbonyl (C=O) groups is 1. The Hall–Kier alpha value is -1.68. The normalized spacial score (nSPS) is 16.1. The van der Waals surface area contributed by atoms with Crippen molar-refractivity contribution in [3.8, 4) is 0 Å². The van der Waals surface area contributed by atoms with Gasteiger partial charge in [0.25, 0.3) is 0 Å². The van der Waals surface area contributed by atoms with Crippen molar-refractivity contribution in [3.05, 3.63) is 35.1 Å². The predicted molar refractivity (Wildman–Crippen MR) is 74.2 cm³/mol. The van der Waals surface area contributed by atoms with E-state index >= 15 is 0 Å². The van der Waals surface area contributed by atoms with Crippen LogP contribution in [0.15, 0.2) is 18.2 Å². The third kappa shape index (κ3) is 8.30. The number of rotatable bonds is 3. The zero-order chi connectivity index (χ0) is 19.1. The molecule has 2 rings (SSSR count). The van der Waals surface area contributed by atoms with Crippen LogP contribution in [0.1, 0.15) is 24.0 Å². The van der Waals surface area contributed by atoms with Crippen LogP contribution in [0.3, 0.4) is 0 Å². The molecule has 0 atom stereocenters. The second-order valence-corrected chi connectivity index (χ2v) is 5.23. The molecule has 0 unspecified atom stereocenters. The molecule has 0 aliphatic carbocycles. The highest BCUT2D eigenvalue weighted by Crippen LogP contribution is 2.32. The maximum absolute atomic E-state index is 13.1. The van der Waals surface area contributed by atoms with Gasteiger partial charge in [0.15, 0.2) is 0 Å². The van der Waals surface area contributed by atoms with E-state index in [1.165, 1.54) is 6.07 Å². The SMILES string of the molecule is Fc1ccc(COC2CCNCC2)cc1C(F)(F)F.O=CC(F)(F)F.